The highest BCUT2D eigenvalue weighted by Gasteiger charge is 2.18. The molecule has 122 valence electrons. The fourth-order valence-corrected chi connectivity index (χ4v) is 2.94. The summed E-state index contributed by atoms with van der Waals surface area (Å²) in [7, 11) is -3.75. The SMILES string of the molecule is CCN[C@H](C)CNC(=O)c1ccc(S(=O)(=O)CC(N)=O)cc1. The molecule has 4 N–H and O–H groups in total. The van der Waals surface area contributed by atoms with Gasteiger partial charge in [0.15, 0.2) is 9.84 Å². The van der Waals surface area contributed by atoms with Crippen LogP contribution in [0.5, 0.6) is 0 Å². The van der Waals surface area contributed by atoms with E-state index in [4.69, 9.17) is 5.73 Å². The van der Waals surface area contributed by atoms with Gasteiger partial charge in [0.25, 0.3) is 5.91 Å². The van der Waals surface area contributed by atoms with Crippen LogP contribution in [-0.4, -0.2) is 45.1 Å². The third-order valence-electron chi connectivity index (χ3n) is 2.93. The summed E-state index contributed by atoms with van der Waals surface area (Å²) in [6.45, 7) is 5.20. The summed E-state index contributed by atoms with van der Waals surface area (Å²) < 4.78 is 23.6. The predicted molar refractivity (Wildman–Crippen MR) is 83.2 cm³/mol. The lowest BCUT2D eigenvalue weighted by Crippen LogP contribution is -2.38. The highest BCUT2D eigenvalue weighted by Crippen LogP contribution is 2.12. The summed E-state index contributed by atoms with van der Waals surface area (Å²) in [6.07, 6.45) is 0. The van der Waals surface area contributed by atoms with E-state index in [2.05, 4.69) is 10.6 Å². The average Bonchev–Trinajstić information content (AvgIpc) is 2.44. The van der Waals surface area contributed by atoms with Gasteiger partial charge in [-0.3, -0.25) is 9.59 Å². The van der Waals surface area contributed by atoms with E-state index >= 15 is 0 Å². The van der Waals surface area contributed by atoms with Gasteiger partial charge < -0.3 is 16.4 Å². The molecule has 8 heteroatoms. The number of nitrogens with two attached hydrogens (primary N) is 1. The molecule has 7 nitrogen and oxygen atoms in total. The van der Waals surface area contributed by atoms with Crippen LogP contribution < -0.4 is 16.4 Å². The Kier molecular flexibility index (Phi) is 6.51. The van der Waals surface area contributed by atoms with Crippen molar-refractivity contribution in [3.8, 4) is 0 Å². The number of likely N-dealkylation sites (N-methyl/N-ethyl adjacent to an activating group) is 1. The van der Waals surface area contributed by atoms with Crippen molar-refractivity contribution in [3.05, 3.63) is 29.8 Å². The molecule has 0 fully saturated rings. The smallest absolute Gasteiger partial charge is 0.251 e. The maximum atomic E-state index is 11.9. The van der Waals surface area contributed by atoms with E-state index in [1.54, 1.807) is 0 Å². The maximum absolute atomic E-state index is 11.9. The molecule has 0 aliphatic carbocycles. The Morgan fingerprint density at radius 2 is 1.82 bits per heavy atom. The van der Waals surface area contributed by atoms with Crippen molar-refractivity contribution in [3.63, 3.8) is 0 Å². The van der Waals surface area contributed by atoms with Gasteiger partial charge >= 0.3 is 0 Å². The van der Waals surface area contributed by atoms with E-state index in [1.807, 2.05) is 13.8 Å². The van der Waals surface area contributed by atoms with Crippen molar-refractivity contribution in [2.24, 2.45) is 5.73 Å². The average molecular weight is 327 g/mol. The van der Waals surface area contributed by atoms with Crippen LogP contribution in [0.4, 0.5) is 0 Å². The number of hydrogen-bond acceptors (Lipinski definition) is 5. The lowest BCUT2D eigenvalue weighted by atomic mass is 10.2. The van der Waals surface area contributed by atoms with E-state index in [0.717, 1.165) is 6.54 Å². The van der Waals surface area contributed by atoms with Gasteiger partial charge in [-0.15, -0.1) is 0 Å². The second-order valence-corrected chi connectivity index (χ2v) is 6.91. The number of nitrogens with one attached hydrogen (secondary N) is 2. The van der Waals surface area contributed by atoms with Gasteiger partial charge in [0, 0.05) is 18.2 Å². The summed E-state index contributed by atoms with van der Waals surface area (Å²) in [5.41, 5.74) is 5.25. The monoisotopic (exact) mass is 327 g/mol. The van der Waals surface area contributed by atoms with Crippen molar-refractivity contribution in [1.29, 1.82) is 0 Å². The van der Waals surface area contributed by atoms with Crippen molar-refractivity contribution >= 4 is 21.7 Å². The minimum atomic E-state index is -3.75. The quantitative estimate of drug-likeness (QED) is 0.604. The molecule has 1 aromatic carbocycles. The van der Waals surface area contributed by atoms with Crippen LogP contribution in [0.3, 0.4) is 0 Å². The Hall–Kier alpha value is -1.93. The van der Waals surface area contributed by atoms with E-state index in [1.165, 1.54) is 24.3 Å². The van der Waals surface area contributed by atoms with Gasteiger partial charge in [0.2, 0.25) is 5.91 Å². The van der Waals surface area contributed by atoms with Gasteiger partial charge in [0.05, 0.1) is 4.90 Å². The Bertz CT molecular complexity index is 626. The van der Waals surface area contributed by atoms with Crippen LogP contribution in [0, 0.1) is 0 Å². The molecule has 22 heavy (non-hydrogen) atoms. The number of amides is 2. The molecule has 0 spiro atoms. The number of sulfone groups is 1. The predicted octanol–water partition coefficient (Wildman–Crippen LogP) is -0.327. The molecule has 0 aromatic heterocycles. The molecule has 0 aliphatic heterocycles. The van der Waals surface area contributed by atoms with E-state index in [0.29, 0.717) is 12.1 Å². The molecule has 0 aliphatic rings. The van der Waals surface area contributed by atoms with E-state index < -0.39 is 21.5 Å². The lowest BCUT2D eigenvalue weighted by molar-refractivity contribution is -0.115. The zero-order valence-corrected chi connectivity index (χ0v) is 13.4. The second-order valence-electron chi connectivity index (χ2n) is 4.92. The largest absolute Gasteiger partial charge is 0.369 e. The fraction of sp³-hybridized carbons (Fsp3) is 0.429. The highest BCUT2D eigenvalue weighted by molar-refractivity contribution is 7.92. The summed E-state index contributed by atoms with van der Waals surface area (Å²) >= 11 is 0. The molecule has 0 radical (unpaired) electrons. The number of carbonyl (C=O) groups excluding carboxylic acids is 2. The Morgan fingerprint density at radius 3 is 2.32 bits per heavy atom. The van der Waals surface area contributed by atoms with Gasteiger partial charge in [0.1, 0.15) is 5.75 Å². The number of benzene rings is 1. The summed E-state index contributed by atoms with van der Waals surface area (Å²) in [5, 5.41) is 5.91. The normalized spacial score (nSPS) is 12.6. The zero-order chi connectivity index (χ0) is 16.8. The maximum Gasteiger partial charge on any atom is 0.251 e. The third kappa shape index (κ3) is 5.45. The lowest BCUT2D eigenvalue weighted by Gasteiger charge is -2.13. The molecular weight excluding hydrogens is 306 g/mol. The molecule has 0 saturated heterocycles. The molecule has 1 aromatic rings. The van der Waals surface area contributed by atoms with Crippen LogP contribution >= 0.6 is 0 Å². The molecule has 0 heterocycles. The Balaban J connectivity index is 2.72. The molecule has 0 unspecified atom stereocenters. The van der Waals surface area contributed by atoms with Gasteiger partial charge in [-0.05, 0) is 37.7 Å². The van der Waals surface area contributed by atoms with E-state index in [9.17, 15) is 18.0 Å². The number of hydrogen-bond donors (Lipinski definition) is 3. The van der Waals surface area contributed by atoms with Gasteiger partial charge in [-0.2, -0.15) is 0 Å². The molecule has 1 rings (SSSR count). The summed E-state index contributed by atoms with van der Waals surface area (Å²) in [5.74, 6) is -1.96. The molecule has 0 saturated carbocycles. The van der Waals surface area contributed by atoms with Crippen molar-refractivity contribution in [2.45, 2.75) is 24.8 Å². The zero-order valence-electron chi connectivity index (χ0n) is 12.6. The van der Waals surface area contributed by atoms with Crippen molar-refractivity contribution < 1.29 is 18.0 Å². The number of primary amides is 1. The fourth-order valence-electron chi connectivity index (χ4n) is 1.85. The first-order valence-electron chi connectivity index (χ1n) is 6.89. The standard InChI is InChI=1S/C14H21N3O4S/c1-3-16-10(2)8-17-14(19)11-4-6-12(7-5-11)22(20,21)9-13(15)18/h4-7,10,16H,3,8-9H2,1-2H3,(H2,15,18)(H,17,19)/t10-/m1/s1. The molecular formula is C14H21N3O4S. The molecule has 1 atom stereocenters. The topological polar surface area (TPSA) is 118 Å². The van der Waals surface area contributed by atoms with Crippen LogP contribution in [0.1, 0.15) is 24.2 Å². The van der Waals surface area contributed by atoms with Crippen LogP contribution in [0.15, 0.2) is 29.2 Å². The number of carbonyl (C=O) groups is 2. The molecule has 0 bridgehead atoms. The summed E-state index contributed by atoms with van der Waals surface area (Å²) in [6, 6.07) is 5.54. The van der Waals surface area contributed by atoms with E-state index in [-0.39, 0.29) is 16.8 Å². The van der Waals surface area contributed by atoms with Crippen molar-refractivity contribution in [2.75, 3.05) is 18.8 Å². The minimum absolute atomic E-state index is 0.0381. The first-order valence-corrected chi connectivity index (χ1v) is 8.54. The Morgan fingerprint density at radius 1 is 1.23 bits per heavy atom. The minimum Gasteiger partial charge on any atom is -0.369 e. The van der Waals surface area contributed by atoms with Gasteiger partial charge in [-0.1, -0.05) is 6.92 Å². The first kappa shape index (κ1) is 18.1. The van der Waals surface area contributed by atoms with Gasteiger partial charge in [-0.25, -0.2) is 8.42 Å². The second kappa shape index (κ2) is 7.90. The van der Waals surface area contributed by atoms with Crippen LogP contribution in [-0.2, 0) is 14.6 Å². The van der Waals surface area contributed by atoms with Crippen LogP contribution in [0.25, 0.3) is 0 Å². The summed E-state index contributed by atoms with van der Waals surface area (Å²) in [4.78, 5) is 22.6. The molecule has 2 amide bonds. The van der Waals surface area contributed by atoms with Crippen molar-refractivity contribution in [1.82, 2.24) is 10.6 Å². The Labute approximate surface area is 130 Å². The first-order chi connectivity index (χ1) is 10.3. The third-order valence-corrected chi connectivity index (χ3v) is 4.58. The van der Waals surface area contributed by atoms with Crippen LogP contribution in [0.2, 0.25) is 0 Å². The highest BCUT2D eigenvalue weighted by atomic mass is 32.2. The number of rotatable bonds is 8.